The first-order valence-electron chi connectivity index (χ1n) is 8.43. The molecule has 0 fully saturated rings. The predicted molar refractivity (Wildman–Crippen MR) is 97.0 cm³/mol. The molecule has 23 heavy (non-hydrogen) atoms. The molecule has 0 saturated heterocycles. The highest BCUT2D eigenvalue weighted by molar-refractivity contribution is 5.82. The average molecular weight is 305 g/mol. The van der Waals surface area contributed by atoms with Crippen molar-refractivity contribution < 1.29 is 4.74 Å². The summed E-state index contributed by atoms with van der Waals surface area (Å²) in [5, 5.41) is 1.12. The van der Waals surface area contributed by atoms with Crippen molar-refractivity contribution in [3.63, 3.8) is 0 Å². The van der Waals surface area contributed by atoms with Gasteiger partial charge in [-0.05, 0) is 42.7 Å². The van der Waals surface area contributed by atoms with Crippen LogP contribution in [0.4, 0.5) is 0 Å². The normalized spacial score (nSPS) is 10.9. The molecule has 0 aliphatic heterocycles. The van der Waals surface area contributed by atoms with E-state index in [0.29, 0.717) is 0 Å². The first-order valence-corrected chi connectivity index (χ1v) is 8.43. The van der Waals surface area contributed by atoms with Crippen LogP contribution in [0.2, 0.25) is 0 Å². The molecule has 3 aromatic rings. The lowest BCUT2D eigenvalue weighted by Crippen LogP contribution is -1.96. The fourth-order valence-electron chi connectivity index (χ4n) is 2.60. The molecule has 0 N–H and O–H groups in total. The average Bonchev–Trinajstić information content (AvgIpc) is 2.61. The number of pyridine rings is 1. The first-order chi connectivity index (χ1) is 11.3. The topological polar surface area (TPSA) is 22.1 Å². The number of benzene rings is 2. The van der Waals surface area contributed by atoms with Crippen LogP contribution in [-0.2, 0) is 6.42 Å². The van der Waals surface area contributed by atoms with Crippen molar-refractivity contribution in [1.29, 1.82) is 0 Å². The van der Waals surface area contributed by atoms with Gasteiger partial charge < -0.3 is 4.74 Å². The Morgan fingerprint density at radius 2 is 1.74 bits per heavy atom. The number of aryl methyl sites for hydroxylation is 1. The fraction of sp³-hybridized carbons (Fsp3) is 0.286. The van der Waals surface area contributed by atoms with Crippen LogP contribution in [0.15, 0.2) is 54.6 Å². The molecule has 2 nitrogen and oxygen atoms in total. The van der Waals surface area contributed by atoms with Crippen LogP contribution in [0.1, 0.15) is 32.3 Å². The highest BCUT2D eigenvalue weighted by Crippen LogP contribution is 2.24. The summed E-state index contributed by atoms with van der Waals surface area (Å²) >= 11 is 0. The number of nitrogens with zero attached hydrogens (tertiary/aromatic N) is 1. The van der Waals surface area contributed by atoms with E-state index in [1.165, 1.54) is 5.56 Å². The van der Waals surface area contributed by atoms with E-state index in [0.717, 1.165) is 53.8 Å². The molecular formula is C21H23NO. The Morgan fingerprint density at radius 3 is 2.48 bits per heavy atom. The van der Waals surface area contributed by atoms with E-state index in [1.807, 2.05) is 12.1 Å². The van der Waals surface area contributed by atoms with E-state index in [-0.39, 0.29) is 0 Å². The van der Waals surface area contributed by atoms with Gasteiger partial charge in [0.25, 0.3) is 0 Å². The summed E-state index contributed by atoms with van der Waals surface area (Å²) in [5.74, 6) is 0.924. The van der Waals surface area contributed by atoms with Gasteiger partial charge in [-0.15, -0.1) is 0 Å². The number of aromatic nitrogens is 1. The van der Waals surface area contributed by atoms with Crippen molar-refractivity contribution in [2.75, 3.05) is 6.61 Å². The molecule has 0 aliphatic carbocycles. The molecule has 0 radical (unpaired) electrons. The molecule has 118 valence electrons. The SMILES string of the molecule is CCCCOc1ccc2nc(-c3ccc(CC)cc3)ccc2c1. The van der Waals surface area contributed by atoms with E-state index in [4.69, 9.17) is 9.72 Å². The molecule has 2 heteroatoms. The number of unbranched alkanes of at least 4 members (excludes halogenated alkanes) is 1. The number of hydrogen-bond donors (Lipinski definition) is 0. The van der Waals surface area contributed by atoms with Crippen molar-refractivity contribution in [2.45, 2.75) is 33.1 Å². The second-order valence-electron chi connectivity index (χ2n) is 5.80. The van der Waals surface area contributed by atoms with Crippen LogP contribution in [0, 0.1) is 0 Å². The second kappa shape index (κ2) is 7.28. The van der Waals surface area contributed by atoms with Gasteiger partial charge in [-0.2, -0.15) is 0 Å². The molecule has 3 rings (SSSR count). The van der Waals surface area contributed by atoms with Gasteiger partial charge in [0.1, 0.15) is 5.75 Å². The Morgan fingerprint density at radius 1 is 0.913 bits per heavy atom. The zero-order valence-corrected chi connectivity index (χ0v) is 13.9. The van der Waals surface area contributed by atoms with Crippen LogP contribution in [0.3, 0.4) is 0 Å². The molecule has 0 spiro atoms. The Labute approximate surface area is 138 Å². The summed E-state index contributed by atoms with van der Waals surface area (Å²) in [6.45, 7) is 5.11. The number of fused-ring (bicyclic) bond motifs is 1. The summed E-state index contributed by atoms with van der Waals surface area (Å²) in [6.07, 6.45) is 3.30. The quantitative estimate of drug-likeness (QED) is 0.549. The molecule has 0 atom stereocenters. The number of hydrogen-bond acceptors (Lipinski definition) is 2. The van der Waals surface area contributed by atoms with Gasteiger partial charge in [-0.1, -0.05) is 50.6 Å². The van der Waals surface area contributed by atoms with Gasteiger partial charge in [0.15, 0.2) is 0 Å². The zero-order chi connectivity index (χ0) is 16.1. The third-order valence-electron chi connectivity index (χ3n) is 4.09. The highest BCUT2D eigenvalue weighted by atomic mass is 16.5. The minimum Gasteiger partial charge on any atom is -0.494 e. The fourth-order valence-corrected chi connectivity index (χ4v) is 2.60. The maximum Gasteiger partial charge on any atom is 0.120 e. The summed E-state index contributed by atoms with van der Waals surface area (Å²) < 4.78 is 5.77. The van der Waals surface area contributed by atoms with E-state index in [2.05, 4.69) is 56.3 Å². The molecule has 0 unspecified atom stereocenters. The van der Waals surface area contributed by atoms with E-state index in [1.54, 1.807) is 0 Å². The molecular weight excluding hydrogens is 282 g/mol. The van der Waals surface area contributed by atoms with Crippen molar-refractivity contribution >= 4 is 10.9 Å². The Bertz CT molecular complexity index is 777. The van der Waals surface area contributed by atoms with Crippen LogP contribution < -0.4 is 4.74 Å². The largest absolute Gasteiger partial charge is 0.494 e. The Kier molecular flexibility index (Phi) is 4.92. The van der Waals surface area contributed by atoms with Crippen LogP contribution in [0.5, 0.6) is 5.75 Å². The van der Waals surface area contributed by atoms with Gasteiger partial charge in [-0.3, -0.25) is 0 Å². The van der Waals surface area contributed by atoms with Crippen molar-refractivity contribution in [3.8, 4) is 17.0 Å². The monoisotopic (exact) mass is 305 g/mol. The van der Waals surface area contributed by atoms with Crippen LogP contribution in [-0.4, -0.2) is 11.6 Å². The third kappa shape index (κ3) is 3.70. The maximum absolute atomic E-state index is 5.77. The van der Waals surface area contributed by atoms with Gasteiger partial charge in [-0.25, -0.2) is 4.98 Å². The van der Waals surface area contributed by atoms with Crippen molar-refractivity contribution in [1.82, 2.24) is 4.98 Å². The van der Waals surface area contributed by atoms with Gasteiger partial charge >= 0.3 is 0 Å². The molecule has 0 aliphatic rings. The Balaban J connectivity index is 1.85. The van der Waals surface area contributed by atoms with Crippen LogP contribution >= 0.6 is 0 Å². The highest BCUT2D eigenvalue weighted by Gasteiger charge is 2.03. The van der Waals surface area contributed by atoms with Gasteiger partial charge in [0.05, 0.1) is 17.8 Å². The summed E-state index contributed by atoms with van der Waals surface area (Å²) in [5.41, 5.74) is 4.53. The maximum atomic E-state index is 5.77. The molecule has 2 aromatic carbocycles. The number of ether oxygens (including phenoxy) is 1. The minimum absolute atomic E-state index is 0.775. The lowest BCUT2D eigenvalue weighted by Gasteiger charge is -2.08. The predicted octanol–water partition coefficient (Wildman–Crippen LogP) is 5.64. The standard InChI is InChI=1S/C21H23NO/c1-3-5-14-23-19-11-13-21-18(15-19)10-12-20(22-21)17-8-6-16(4-2)7-9-17/h6-13,15H,3-5,14H2,1-2H3. The zero-order valence-electron chi connectivity index (χ0n) is 13.9. The lowest BCUT2D eigenvalue weighted by atomic mass is 10.1. The van der Waals surface area contributed by atoms with E-state index >= 15 is 0 Å². The molecule has 1 heterocycles. The molecule has 0 amide bonds. The molecule has 1 aromatic heterocycles. The number of rotatable bonds is 6. The smallest absolute Gasteiger partial charge is 0.120 e. The molecule has 0 saturated carbocycles. The van der Waals surface area contributed by atoms with Crippen LogP contribution in [0.25, 0.3) is 22.2 Å². The third-order valence-corrected chi connectivity index (χ3v) is 4.09. The van der Waals surface area contributed by atoms with Crippen molar-refractivity contribution in [3.05, 3.63) is 60.2 Å². The molecule has 0 bridgehead atoms. The van der Waals surface area contributed by atoms with Gasteiger partial charge in [0.2, 0.25) is 0 Å². The summed E-state index contributed by atoms with van der Waals surface area (Å²) in [4.78, 5) is 4.78. The van der Waals surface area contributed by atoms with E-state index < -0.39 is 0 Å². The minimum atomic E-state index is 0.775. The summed E-state index contributed by atoms with van der Waals surface area (Å²) in [7, 11) is 0. The van der Waals surface area contributed by atoms with E-state index in [9.17, 15) is 0 Å². The summed E-state index contributed by atoms with van der Waals surface area (Å²) in [6, 6.07) is 19.0. The first kappa shape index (κ1) is 15.5. The second-order valence-corrected chi connectivity index (χ2v) is 5.80. The Hall–Kier alpha value is -2.35. The lowest BCUT2D eigenvalue weighted by molar-refractivity contribution is 0.310. The van der Waals surface area contributed by atoms with Crippen molar-refractivity contribution in [2.24, 2.45) is 0 Å². The van der Waals surface area contributed by atoms with Gasteiger partial charge in [0, 0.05) is 10.9 Å².